The van der Waals surface area contributed by atoms with Gasteiger partial charge in [-0.15, -0.1) is 11.8 Å². The van der Waals surface area contributed by atoms with Crippen molar-refractivity contribution in [2.45, 2.75) is 21.5 Å². The molecule has 2 aromatic carbocycles. The van der Waals surface area contributed by atoms with E-state index < -0.39 is 10.8 Å². The quantitative estimate of drug-likeness (QED) is 0.859. The molecule has 19 heavy (non-hydrogen) atoms. The molecule has 0 radical (unpaired) electrons. The Morgan fingerprint density at radius 2 is 1.89 bits per heavy atom. The van der Waals surface area contributed by atoms with Gasteiger partial charge >= 0.3 is 0 Å². The number of hydrogen-bond acceptors (Lipinski definition) is 2. The fourth-order valence-electron chi connectivity index (χ4n) is 2.23. The summed E-state index contributed by atoms with van der Waals surface area (Å²) in [6, 6.07) is 14.6. The predicted octanol–water partition coefficient (Wildman–Crippen LogP) is 3.65. The summed E-state index contributed by atoms with van der Waals surface area (Å²) in [5.74, 6) is 0.127. The Hall–Kier alpha value is -1.13. The molecular weight excluding hydrogens is 279 g/mol. The van der Waals surface area contributed by atoms with Gasteiger partial charge in [-0.05, 0) is 30.2 Å². The van der Waals surface area contributed by atoms with Gasteiger partial charge in [-0.3, -0.25) is 4.21 Å². The van der Waals surface area contributed by atoms with Crippen LogP contribution in [0.5, 0.6) is 0 Å². The number of rotatable bonds is 3. The first-order valence-electron chi connectivity index (χ1n) is 6.11. The molecule has 98 valence electrons. The van der Waals surface area contributed by atoms with Crippen molar-refractivity contribution in [1.29, 1.82) is 0 Å². The van der Waals surface area contributed by atoms with E-state index in [1.807, 2.05) is 12.1 Å². The third-order valence-corrected chi connectivity index (χ3v) is 6.19. The van der Waals surface area contributed by atoms with Gasteiger partial charge in [0.2, 0.25) is 0 Å². The van der Waals surface area contributed by atoms with Crippen LogP contribution in [0.3, 0.4) is 0 Å². The van der Waals surface area contributed by atoms with Crippen LogP contribution in [0.4, 0.5) is 4.39 Å². The zero-order valence-electron chi connectivity index (χ0n) is 10.2. The monoisotopic (exact) mass is 292 g/mol. The summed E-state index contributed by atoms with van der Waals surface area (Å²) in [5, 5.41) is 0.276. The van der Waals surface area contributed by atoms with Gasteiger partial charge in [0.1, 0.15) is 5.82 Å². The number of fused-ring (bicyclic) bond motifs is 1. The van der Waals surface area contributed by atoms with Crippen LogP contribution in [0.2, 0.25) is 0 Å². The fourth-order valence-corrected chi connectivity index (χ4v) is 5.11. The summed E-state index contributed by atoms with van der Waals surface area (Å²) in [6.45, 7) is 0. The van der Waals surface area contributed by atoms with E-state index in [9.17, 15) is 8.60 Å². The lowest BCUT2D eigenvalue weighted by molar-refractivity contribution is 0.595. The highest BCUT2D eigenvalue weighted by Gasteiger charge is 2.24. The molecular formula is C15H13FOS2. The molecule has 0 aliphatic carbocycles. The molecule has 0 aromatic heterocycles. The summed E-state index contributed by atoms with van der Waals surface area (Å²) < 4.78 is 25.8. The molecule has 2 atom stereocenters. The van der Waals surface area contributed by atoms with Crippen molar-refractivity contribution in [1.82, 2.24) is 0 Å². The fraction of sp³-hybridized carbons (Fsp3) is 0.200. The lowest BCUT2D eigenvalue weighted by atomic mass is 10.1. The maximum atomic E-state index is 13.6. The van der Waals surface area contributed by atoms with E-state index in [0.717, 1.165) is 6.42 Å². The third kappa shape index (κ3) is 2.74. The van der Waals surface area contributed by atoms with Gasteiger partial charge in [-0.25, -0.2) is 4.39 Å². The average molecular weight is 292 g/mol. The Balaban J connectivity index is 1.71. The Kier molecular flexibility index (Phi) is 3.71. The van der Waals surface area contributed by atoms with Crippen molar-refractivity contribution < 1.29 is 8.60 Å². The van der Waals surface area contributed by atoms with E-state index in [1.54, 1.807) is 30.0 Å². The minimum atomic E-state index is -1.27. The lowest BCUT2D eigenvalue weighted by Gasteiger charge is -2.08. The zero-order chi connectivity index (χ0) is 13.2. The molecule has 3 rings (SSSR count). The molecule has 2 unspecified atom stereocenters. The minimum Gasteiger partial charge on any atom is -0.254 e. The zero-order valence-corrected chi connectivity index (χ0v) is 11.8. The normalized spacial score (nSPS) is 19.1. The first-order chi connectivity index (χ1) is 9.24. The van der Waals surface area contributed by atoms with Crippen LogP contribution in [-0.4, -0.2) is 15.2 Å². The molecule has 0 saturated heterocycles. The standard InChI is InChI=1S/C15H13FOS2/c16-13-6-2-4-8-15(13)19(17)10-12-9-11-5-1-3-7-14(11)18-12/h1-8,12H,9-10H2. The van der Waals surface area contributed by atoms with E-state index >= 15 is 0 Å². The van der Waals surface area contributed by atoms with E-state index in [0.29, 0.717) is 10.6 Å². The van der Waals surface area contributed by atoms with Crippen molar-refractivity contribution in [2.75, 3.05) is 5.75 Å². The molecule has 0 N–H and O–H groups in total. The average Bonchev–Trinajstić information content (AvgIpc) is 2.81. The maximum Gasteiger partial charge on any atom is 0.139 e. The SMILES string of the molecule is O=S(CC1Cc2ccccc2S1)c1ccccc1F. The van der Waals surface area contributed by atoms with Crippen LogP contribution in [0.1, 0.15) is 5.56 Å². The first-order valence-corrected chi connectivity index (χ1v) is 8.31. The van der Waals surface area contributed by atoms with Crippen LogP contribution in [-0.2, 0) is 17.2 Å². The summed E-state index contributed by atoms with van der Waals surface area (Å²) in [5.41, 5.74) is 1.31. The molecule has 0 saturated carbocycles. The molecule has 4 heteroatoms. The smallest absolute Gasteiger partial charge is 0.139 e. The van der Waals surface area contributed by atoms with Gasteiger partial charge in [0.15, 0.2) is 0 Å². The Bertz CT molecular complexity index is 602. The van der Waals surface area contributed by atoms with Gasteiger partial charge < -0.3 is 0 Å². The largest absolute Gasteiger partial charge is 0.254 e. The number of hydrogen-bond donors (Lipinski definition) is 0. The van der Waals surface area contributed by atoms with Crippen LogP contribution in [0.15, 0.2) is 58.3 Å². The molecule has 0 spiro atoms. The van der Waals surface area contributed by atoms with Crippen molar-refractivity contribution in [3.05, 3.63) is 59.9 Å². The predicted molar refractivity (Wildman–Crippen MR) is 77.5 cm³/mol. The Morgan fingerprint density at radius 3 is 2.68 bits per heavy atom. The van der Waals surface area contributed by atoms with E-state index in [2.05, 4.69) is 12.1 Å². The van der Waals surface area contributed by atoms with Gasteiger partial charge in [0.05, 0.1) is 15.7 Å². The molecule has 2 aromatic rings. The van der Waals surface area contributed by atoms with Crippen LogP contribution in [0, 0.1) is 5.82 Å². The van der Waals surface area contributed by atoms with Crippen molar-refractivity contribution in [2.24, 2.45) is 0 Å². The molecule has 1 heterocycles. The highest BCUT2D eigenvalue weighted by atomic mass is 32.2. The Morgan fingerprint density at radius 1 is 1.16 bits per heavy atom. The van der Waals surface area contributed by atoms with Gasteiger partial charge in [0.25, 0.3) is 0 Å². The second-order valence-electron chi connectivity index (χ2n) is 4.49. The van der Waals surface area contributed by atoms with Crippen LogP contribution in [0.25, 0.3) is 0 Å². The second kappa shape index (κ2) is 5.47. The topological polar surface area (TPSA) is 17.1 Å². The molecule has 0 fully saturated rings. The highest BCUT2D eigenvalue weighted by molar-refractivity contribution is 8.01. The number of thioether (sulfide) groups is 1. The maximum absolute atomic E-state index is 13.6. The Labute approximate surface area is 118 Å². The molecule has 1 aliphatic heterocycles. The van der Waals surface area contributed by atoms with Gasteiger partial charge in [0, 0.05) is 15.9 Å². The third-order valence-electron chi connectivity index (χ3n) is 3.13. The van der Waals surface area contributed by atoms with Crippen molar-refractivity contribution in [3.8, 4) is 0 Å². The van der Waals surface area contributed by atoms with E-state index in [1.165, 1.54) is 16.5 Å². The molecule has 0 bridgehead atoms. The number of benzene rings is 2. The van der Waals surface area contributed by atoms with Gasteiger partial charge in [-0.1, -0.05) is 30.3 Å². The van der Waals surface area contributed by atoms with Crippen LogP contribution < -0.4 is 0 Å². The minimum absolute atomic E-state index is 0.276. The summed E-state index contributed by atoms with van der Waals surface area (Å²) in [4.78, 5) is 1.58. The number of halogens is 1. The van der Waals surface area contributed by atoms with E-state index in [4.69, 9.17) is 0 Å². The molecule has 1 aliphatic rings. The molecule has 0 amide bonds. The summed E-state index contributed by atoms with van der Waals surface area (Å²) in [7, 11) is -1.27. The summed E-state index contributed by atoms with van der Waals surface area (Å²) >= 11 is 1.75. The van der Waals surface area contributed by atoms with E-state index in [-0.39, 0.29) is 11.1 Å². The first kappa shape index (κ1) is 12.9. The lowest BCUT2D eigenvalue weighted by Crippen LogP contribution is -2.13. The van der Waals surface area contributed by atoms with Crippen molar-refractivity contribution >= 4 is 22.6 Å². The highest BCUT2D eigenvalue weighted by Crippen LogP contribution is 2.37. The van der Waals surface area contributed by atoms with Gasteiger partial charge in [-0.2, -0.15) is 0 Å². The van der Waals surface area contributed by atoms with Crippen molar-refractivity contribution in [3.63, 3.8) is 0 Å². The molecule has 1 nitrogen and oxygen atoms in total. The van der Waals surface area contributed by atoms with Crippen LogP contribution >= 0.6 is 11.8 Å². The second-order valence-corrected chi connectivity index (χ2v) is 7.30. The summed E-state index contributed by atoms with van der Waals surface area (Å²) in [6.07, 6.45) is 0.918.